The second-order valence-corrected chi connectivity index (χ2v) is 4.46. The molecule has 1 aromatic carbocycles. The van der Waals surface area contributed by atoms with Gasteiger partial charge in [-0.3, -0.25) is 14.8 Å². The summed E-state index contributed by atoms with van der Waals surface area (Å²) in [7, 11) is 3.33. The Morgan fingerprint density at radius 1 is 1.50 bits per heavy atom. The van der Waals surface area contributed by atoms with E-state index in [2.05, 4.69) is 10.4 Å². The fourth-order valence-corrected chi connectivity index (χ4v) is 1.89. The number of methoxy groups -OCH3 is 1. The lowest BCUT2D eigenvalue weighted by atomic mass is 10.1. The monoisotopic (exact) mass is 276 g/mol. The van der Waals surface area contributed by atoms with Gasteiger partial charge >= 0.3 is 0 Å². The molecule has 1 unspecified atom stereocenters. The third kappa shape index (κ3) is 2.87. The molecule has 1 N–H and O–H groups in total. The van der Waals surface area contributed by atoms with E-state index in [4.69, 9.17) is 4.74 Å². The van der Waals surface area contributed by atoms with Crippen LogP contribution in [0.2, 0.25) is 0 Å². The first kappa shape index (κ1) is 13.9. The van der Waals surface area contributed by atoms with Gasteiger partial charge in [-0.2, -0.15) is 5.10 Å². The van der Waals surface area contributed by atoms with E-state index in [9.17, 15) is 10.1 Å². The molecule has 0 amide bonds. The number of nitrogens with zero attached hydrogens (tertiary/aromatic N) is 3. The smallest absolute Gasteiger partial charge is 0.273 e. The minimum absolute atomic E-state index is 0.00132. The molecule has 0 spiro atoms. The zero-order valence-corrected chi connectivity index (χ0v) is 11.5. The van der Waals surface area contributed by atoms with E-state index in [1.807, 2.05) is 20.2 Å². The molecule has 1 aromatic heterocycles. The first-order chi connectivity index (χ1) is 9.51. The Balaban J connectivity index is 2.22. The van der Waals surface area contributed by atoms with Crippen LogP contribution in [0.1, 0.15) is 18.5 Å². The molecule has 106 valence electrons. The molecular weight excluding hydrogens is 260 g/mol. The van der Waals surface area contributed by atoms with E-state index < -0.39 is 4.92 Å². The summed E-state index contributed by atoms with van der Waals surface area (Å²) in [6, 6.07) is 4.50. The third-order valence-corrected chi connectivity index (χ3v) is 2.99. The van der Waals surface area contributed by atoms with Gasteiger partial charge in [-0.15, -0.1) is 0 Å². The van der Waals surface area contributed by atoms with E-state index in [-0.39, 0.29) is 11.7 Å². The van der Waals surface area contributed by atoms with Crippen molar-refractivity contribution in [3.63, 3.8) is 0 Å². The average Bonchev–Trinajstić information content (AvgIpc) is 2.85. The Hall–Kier alpha value is -2.57. The summed E-state index contributed by atoms with van der Waals surface area (Å²) in [5.74, 6) is 0.440. The molecule has 0 bridgehead atoms. The Morgan fingerprint density at radius 3 is 2.80 bits per heavy atom. The second-order valence-electron chi connectivity index (χ2n) is 4.46. The predicted molar refractivity (Wildman–Crippen MR) is 74.9 cm³/mol. The van der Waals surface area contributed by atoms with Gasteiger partial charge < -0.3 is 10.1 Å². The van der Waals surface area contributed by atoms with Crippen molar-refractivity contribution >= 4 is 11.4 Å². The number of nitrogens with one attached hydrogen (secondary N) is 1. The fraction of sp³-hybridized carbons (Fsp3) is 0.308. The molecule has 7 heteroatoms. The van der Waals surface area contributed by atoms with E-state index >= 15 is 0 Å². The fourth-order valence-electron chi connectivity index (χ4n) is 1.89. The largest absolute Gasteiger partial charge is 0.494 e. The number of ether oxygens (including phenoxy) is 1. The van der Waals surface area contributed by atoms with Gasteiger partial charge in [0.2, 0.25) is 0 Å². The van der Waals surface area contributed by atoms with Gasteiger partial charge in [-0.1, -0.05) is 0 Å². The van der Waals surface area contributed by atoms with Crippen LogP contribution in [-0.4, -0.2) is 21.8 Å². The first-order valence-corrected chi connectivity index (χ1v) is 6.08. The molecule has 2 rings (SSSR count). The minimum Gasteiger partial charge on any atom is -0.494 e. The Morgan fingerprint density at radius 2 is 2.25 bits per heavy atom. The molecule has 1 heterocycles. The number of hydrogen-bond acceptors (Lipinski definition) is 5. The Kier molecular flexibility index (Phi) is 3.88. The summed E-state index contributed by atoms with van der Waals surface area (Å²) in [6.45, 7) is 1.98. The lowest BCUT2D eigenvalue weighted by Crippen LogP contribution is -2.07. The SMILES string of the molecule is COc1cc([N+](=O)[O-])ccc1NC(C)c1cnn(C)c1. The molecule has 0 saturated carbocycles. The van der Waals surface area contributed by atoms with Crippen molar-refractivity contribution in [1.29, 1.82) is 0 Å². The maximum atomic E-state index is 10.7. The number of aryl methyl sites for hydroxylation is 1. The van der Waals surface area contributed by atoms with Gasteiger partial charge in [0, 0.05) is 24.9 Å². The van der Waals surface area contributed by atoms with Gasteiger partial charge in [0.25, 0.3) is 5.69 Å². The highest BCUT2D eigenvalue weighted by Gasteiger charge is 2.14. The number of rotatable bonds is 5. The highest BCUT2D eigenvalue weighted by atomic mass is 16.6. The van der Waals surface area contributed by atoms with Crippen LogP contribution in [0.3, 0.4) is 0 Å². The number of benzene rings is 1. The van der Waals surface area contributed by atoms with Gasteiger partial charge in [-0.05, 0) is 13.0 Å². The number of anilines is 1. The van der Waals surface area contributed by atoms with Crippen molar-refractivity contribution in [1.82, 2.24) is 9.78 Å². The number of non-ortho nitro benzene ring substituents is 1. The standard InChI is InChI=1S/C13H16N4O3/c1-9(10-7-14-16(2)8-10)15-12-5-4-11(17(18)19)6-13(12)20-3/h4-9,15H,1-3H3. The molecular formula is C13H16N4O3. The van der Waals surface area contributed by atoms with Crippen LogP contribution in [0.25, 0.3) is 0 Å². The lowest BCUT2D eigenvalue weighted by Gasteiger charge is -2.16. The maximum Gasteiger partial charge on any atom is 0.273 e. The molecule has 1 atom stereocenters. The number of aromatic nitrogens is 2. The van der Waals surface area contributed by atoms with Crippen LogP contribution in [0.15, 0.2) is 30.6 Å². The van der Waals surface area contributed by atoms with E-state index in [1.54, 1.807) is 16.9 Å². The van der Waals surface area contributed by atoms with Gasteiger partial charge in [0.1, 0.15) is 5.75 Å². The van der Waals surface area contributed by atoms with E-state index in [1.165, 1.54) is 19.2 Å². The van der Waals surface area contributed by atoms with Crippen molar-refractivity contribution in [3.05, 3.63) is 46.3 Å². The summed E-state index contributed by atoms with van der Waals surface area (Å²) in [4.78, 5) is 10.3. The van der Waals surface area contributed by atoms with Crippen LogP contribution in [0, 0.1) is 10.1 Å². The van der Waals surface area contributed by atoms with Crippen molar-refractivity contribution < 1.29 is 9.66 Å². The third-order valence-electron chi connectivity index (χ3n) is 2.99. The van der Waals surface area contributed by atoms with Gasteiger partial charge in [0.05, 0.1) is 36.0 Å². The highest BCUT2D eigenvalue weighted by Crippen LogP contribution is 2.31. The van der Waals surface area contributed by atoms with E-state index in [0.29, 0.717) is 11.4 Å². The van der Waals surface area contributed by atoms with Crippen LogP contribution in [-0.2, 0) is 7.05 Å². The highest BCUT2D eigenvalue weighted by molar-refractivity contribution is 5.61. The van der Waals surface area contributed by atoms with Crippen molar-refractivity contribution in [3.8, 4) is 5.75 Å². The molecule has 7 nitrogen and oxygen atoms in total. The maximum absolute atomic E-state index is 10.7. The minimum atomic E-state index is -0.448. The number of nitro groups is 1. The Labute approximate surface area is 116 Å². The molecule has 0 aliphatic rings. The van der Waals surface area contributed by atoms with Crippen LogP contribution in [0.5, 0.6) is 5.75 Å². The average molecular weight is 276 g/mol. The van der Waals surface area contributed by atoms with Crippen molar-refractivity contribution in [2.24, 2.45) is 7.05 Å². The first-order valence-electron chi connectivity index (χ1n) is 6.08. The molecule has 0 fully saturated rings. The summed E-state index contributed by atoms with van der Waals surface area (Å²) < 4.78 is 6.91. The summed E-state index contributed by atoms with van der Waals surface area (Å²) >= 11 is 0. The molecule has 20 heavy (non-hydrogen) atoms. The predicted octanol–water partition coefficient (Wildman–Crippen LogP) is 2.51. The Bertz CT molecular complexity index is 624. The van der Waals surface area contributed by atoms with E-state index in [0.717, 1.165) is 5.56 Å². The van der Waals surface area contributed by atoms with Crippen molar-refractivity contribution in [2.45, 2.75) is 13.0 Å². The quantitative estimate of drug-likeness (QED) is 0.670. The van der Waals surface area contributed by atoms with Crippen LogP contribution in [0.4, 0.5) is 11.4 Å². The summed E-state index contributed by atoms with van der Waals surface area (Å²) in [5, 5.41) is 18.1. The molecule has 0 aliphatic carbocycles. The topological polar surface area (TPSA) is 82.2 Å². The molecule has 0 saturated heterocycles. The lowest BCUT2D eigenvalue weighted by molar-refractivity contribution is -0.384. The molecule has 2 aromatic rings. The van der Waals surface area contributed by atoms with Crippen LogP contribution < -0.4 is 10.1 Å². The number of hydrogen-bond donors (Lipinski definition) is 1. The normalized spacial score (nSPS) is 11.9. The zero-order valence-electron chi connectivity index (χ0n) is 11.5. The molecule has 0 aliphatic heterocycles. The van der Waals surface area contributed by atoms with Gasteiger partial charge in [0.15, 0.2) is 0 Å². The van der Waals surface area contributed by atoms with Crippen LogP contribution >= 0.6 is 0 Å². The molecule has 0 radical (unpaired) electrons. The number of nitro benzene ring substituents is 1. The van der Waals surface area contributed by atoms with Crippen molar-refractivity contribution in [2.75, 3.05) is 12.4 Å². The summed E-state index contributed by atoms with van der Waals surface area (Å²) in [5.41, 5.74) is 1.73. The zero-order chi connectivity index (χ0) is 14.7. The summed E-state index contributed by atoms with van der Waals surface area (Å²) in [6.07, 6.45) is 3.69. The van der Waals surface area contributed by atoms with Gasteiger partial charge in [-0.25, -0.2) is 0 Å². The second kappa shape index (κ2) is 5.60.